The van der Waals surface area contributed by atoms with E-state index in [0.29, 0.717) is 11.8 Å². The Morgan fingerprint density at radius 1 is 1.35 bits per heavy atom. The molecule has 1 aliphatic rings. The summed E-state index contributed by atoms with van der Waals surface area (Å²) in [5, 5.41) is 10.8. The van der Waals surface area contributed by atoms with Crippen molar-refractivity contribution >= 4 is 0 Å². The molecule has 0 amide bonds. The van der Waals surface area contributed by atoms with Gasteiger partial charge in [-0.25, -0.2) is 4.98 Å². The molecule has 2 N–H and O–H groups in total. The molecule has 0 bridgehead atoms. The average Bonchev–Trinajstić information content (AvgIpc) is 2.79. The van der Waals surface area contributed by atoms with E-state index in [9.17, 15) is 0 Å². The Morgan fingerprint density at radius 2 is 2.18 bits per heavy atom. The van der Waals surface area contributed by atoms with Crippen molar-refractivity contribution in [3.8, 4) is 0 Å². The number of aromatic nitrogens is 3. The number of hydrogen-bond donors (Lipinski definition) is 2. The van der Waals surface area contributed by atoms with Crippen LogP contribution in [0.5, 0.6) is 0 Å². The van der Waals surface area contributed by atoms with Gasteiger partial charge in [0.05, 0.1) is 0 Å². The monoisotopic (exact) mass is 236 g/mol. The minimum atomic E-state index is 0.409. The zero-order valence-corrected chi connectivity index (χ0v) is 11.2. The molecule has 2 atom stereocenters. The SMILES string of the molecule is CC(C)c1n[nH]c(CC(C)C2CCCNC2)n1. The molecule has 0 aromatic carbocycles. The number of piperidine rings is 1. The van der Waals surface area contributed by atoms with Gasteiger partial charge in [0.25, 0.3) is 0 Å². The Hall–Kier alpha value is -0.900. The Labute approximate surface area is 104 Å². The fourth-order valence-corrected chi connectivity index (χ4v) is 2.50. The molecule has 0 spiro atoms. The Kier molecular flexibility index (Phi) is 4.15. The minimum Gasteiger partial charge on any atom is -0.316 e. The molecule has 1 aromatic rings. The van der Waals surface area contributed by atoms with Crippen LogP contribution in [0.3, 0.4) is 0 Å². The van der Waals surface area contributed by atoms with E-state index in [2.05, 4.69) is 41.3 Å². The van der Waals surface area contributed by atoms with E-state index >= 15 is 0 Å². The number of hydrogen-bond acceptors (Lipinski definition) is 3. The maximum Gasteiger partial charge on any atom is 0.153 e. The van der Waals surface area contributed by atoms with Gasteiger partial charge in [0.15, 0.2) is 5.82 Å². The predicted molar refractivity (Wildman–Crippen MR) is 68.9 cm³/mol. The summed E-state index contributed by atoms with van der Waals surface area (Å²) >= 11 is 0. The van der Waals surface area contributed by atoms with E-state index in [1.165, 1.54) is 19.4 Å². The van der Waals surface area contributed by atoms with E-state index < -0.39 is 0 Å². The molecule has 0 aliphatic carbocycles. The largest absolute Gasteiger partial charge is 0.316 e. The summed E-state index contributed by atoms with van der Waals surface area (Å²) in [6.45, 7) is 8.92. The van der Waals surface area contributed by atoms with E-state index in [0.717, 1.165) is 30.5 Å². The molecule has 0 saturated carbocycles. The molecule has 0 radical (unpaired) electrons. The van der Waals surface area contributed by atoms with Crippen molar-refractivity contribution in [2.75, 3.05) is 13.1 Å². The van der Waals surface area contributed by atoms with Gasteiger partial charge >= 0.3 is 0 Å². The van der Waals surface area contributed by atoms with Gasteiger partial charge in [0.2, 0.25) is 0 Å². The van der Waals surface area contributed by atoms with E-state index in [1.54, 1.807) is 0 Å². The van der Waals surface area contributed by atoms with Crippen molar-refractivity contribution in [3.05, 3.63) is 11.6 Å². The van der Waals surface area contributed by atoms with Gasteiger partial charge in [0.1, 0.15) is 5.82 Å². The Morgan fingerprint density at radius 3 is 2.76 bits per heavy atom. The van der Waals surface area contributed by atoms with Crippen LogP contribution < -0.4 is 5.32 Å². The maximum atomic E-state index is 4.56. The zero-order chi connectivity index (χ0) is 12.3. The normalized spacial score (nSPS) is 22.9. The molecule has 4 heteroatoms. The highest BCUT2D eigenvalue weighted by atomic mass is 15.2. The molecule has 4 nitrogen and oxygen atoms in total. The lowest BCUT2D eigenvalue weighted by atomic mass is 9.85. The van der Waals surface area contributed by atoms with Crippen LogP contribution >= 0.6 is 0 Å². The van der Waals surface area contributed by atoms with Gasteiger partial charge in [0, 0.05) is 12.3 Å². The van der Waals surface area contributed by atoms with Crippen LogP contribution in [0.15, 0.2) is 0 Å². The number of nitrogens with one attached hydrogen (secondary N) is 2. The van der Waals surface area contributed by atoms with Crippen molar-refractivity contribution in [2.24, 2.45) is 11.8 Å². The van der Waals surface area contributed by atoms with Crippen molar-refractivity contribution in [3.63, 3.8) is 0 Å². The molecule has 1 aromatic heterocycles. The quantitative estimate of drug-likeness (QED) is 0.842. The van der Waals surface area contributed by atoms with Gasteiger partial charge < -0.3 is 5.32 Å². The second-order valence-corrected chi connectivity index (χ2v) is 5.58. The maximum absolute atomic E-state index is 4.56. The van der Waals surface area contributed by atoms with Crippen LogP contribution in [-0.2, 0) is 6.42 Å². The summed E-state index contributed by atoms with van der Waals surface area (Å²) in [5.74, 6) is 3.86. The first-order valence-corrected chi connectivity index (χ1v) is 6.78. The highest BCUT2D eigenvalue weighted by Crippen LogP contribution is 2.22. The Balaban J connectivity index is 1.90. The van der Waals surface area contributed by atoms with Crippen molar-refractivity contribution in [2.45, 2.75) is 46.0 Å². The van der Waals surface area contributed by atoms with Gasteiger partial charge in [-0.15, -0.1) is 0 Å². The highest BCUT2D eigenvalue weighted by molar-refractivity contribution is 4.96. The fraction of sp³-hybridized carbons (Fsp3) is 0.846. The molecular weight excluding hydrogens is 212 g/mol. The van der Waals surface area contributed by atoms with Crippen LogP contribution in [0, 0.1) is 11.8 Å². The van der Waals surface area contributed by atoms with Crippen LogP contribution in [0.2, 0.25) is 0 Å². The lowest BCUT2D eigenvalue weighted by molar-refractivity contribution is 0.276. The molecule has 96 valence electrons. The van der Waals surface area contributed by atoms with E-state index in [4.69, 9.17) is 0 Å². The van der Waals surface area contributed by atoms with Crippen molar-refractivity contribution in [1.82, 2.24) is 20.5 Å². The molecular formula is C13H24N4. The number of rotatable bonds is 4. The van der Waals surface area contributed by atoms with E-state index in [-0.39, 0.29) is 0 Å². The van der Waals surface area contributed by atoms with Gasteiger partial charge in [-0.05, 0) is 37.8 Å². The second kappa shape index (κ2) is 5.63. The van der Waals surface area contributed by atoms with E-state index in [1.807, 2.05) is 0 Å². The number of nitrogens with zero attached hydrogens (tertiary/aromatic N) is 2. The topological polar surface area (TPSA) is 53.6 Å². The summed E-state index contributed by atoms with van der Waals surface area (Å²) in [4.78, 5) is 4.56. The first kappa shape index (κ1) is 12.6. The third kappa shape index (κ3) is 3.28. The molecule has 2 unspecified atom stereocenters. The van der Waals surface area contributed by atoms with Crippen molar-refractivity contribution < 1.29 is 0 Å². The Bertz CT molecular complexity index is 339. The minimum absolute atomic E-state index is 0.409. The van der Waals surface area contributed by atoms with Crippen LogP contribution in [0.25, 0.3) is 0 Å². The van der Waals surface area contributed by atoms with Crippen LogP contribution in [0.1, 0.15) is 51.2 Å². The third-order valence-electron chi connectivity index (χ3n) is 3.72. The van der Waals surface area contributed by atoms with Crippen LogP contribution in [0.4, 0.5) is 0 Å². The average molecular weight is 236 g/mol. The third-order valence-corrected chi connectivity index (χ3v) is 3.72. The van der Waals surface area contributed by atoms with Gasteiger partial charge in [-0.1, -0.05) is 20.8 Å². The molecule has 1 aliphatic heterocycles. The number of H-pyrrole nitrogens is 1. The second-order valence-electron chi connectivity index (χ2n) is 5.58. The summed E-state index contributed by atoms with van der Waals surface area (Å²) in [6, 6.07) is 0. The first-order chi connectivity index (χ1) is 8.16. The summed E-state index contributed by atoms with van der Waals surface area (Å²) in [6.07, 6.45) is 3.67. The predicted octanol–water partition coefficient (Wildman–Crippen LogP) is 2.11. The molecule has 17 heavy (non-hydrogen) atoms. The lowest BCUT2D eigenvalue weighted by Gasteiger charge is -2.27. The zero-order valence-electron chi connectivity index (χ0n) is 11.2. The fourth-order valence-electron chi connectivity index (χ4n) is 2.50. The lowest BCUT2D eigenvalue weighted by Crippen LogP contribution is -2.34. The number of aromatic amines is 1. The smallest absolute Gasteiger partial charge is 0.153 e. The van der Waals surface area contributed by atoms with Crippen LogP contribution in [-0.4, -0.2) is 28.3 Å². The summed E-state index contributed by atoms with van der Waals surface area (Å²) in [7, 11) is 0. The first-order valence-electron chi connectivity index (χ1n) is 6.78. The molecule has 2 heterocycles. The molecule has 2 rings (SSSR count). The summed E-state index contributed by atoms with van der Waals surface area (Å²) in [5.41, 5.74) is 0. The van der Waals surface area contributed by atoms with Gasteiger partial charge in [-0.2, -0.15) is 5.10 Å². The van der Waals surface area contributed by atoms with Gasteiger partial charge in [-0.3, -0.25) is 5.10 Å². The standard InChI is InChI=1S/C13H24N4/c1-9(2)13-15-12(16-17-13)7-10(3)11-5-4-6-14-8-11/h9-11,14H,4-8H2,1-3H3,(H,15,16,17). The highest BCUT2D eigenvalue weighted by Gasteiger charge is 2.21. The van der Waals surface area contributed by atoms with Crippen molar-refractivity contribution in [1.29, 1.82) is 0 Å². The molecule has 1 fully saturated rings. The summed E-state index contributed by atoms with van der Waals surface area (Å²) < 4.78 is 0. The molecule has 1 saturated heterocycles.